The Hall–Kier alpha value is -1.64. The molecule has 2 heterocycles. The van der Waals surface area contributed by atoms with E-state index in [0.717, 1.165) is 0 Å². The van der Waals surface area contributed by atoms with Gasteiger partial charge < -0.3 is 15.2 Å². The second kappa shape index (κ2) is 4.47. The summed E-state index contributed by atoms with van der Waals surface area (Å²) in [5.74, 6) is 0.316. The zero-order valence-corrected chi connectivity index (χ0v) is 8.56. The third kappa shape index (κ3) is 1.98. The molecule has 8 nitrogen and oxygen atoms in total. The Labute approximate surface area is 91.4 Å². The molecule has 1 amide bonds. The summed E-state index contributed by atoms with van der Waals surface area (Å²) in [6.45, 7) is 0.436. The Morgan fingerprint density at radius 2 is 2.38 bits per heavy atom. The van der Waals surface area contributed by atoms with E-state index in [2.05, 4.69) is 15.6 Å². The summed E-state index contributed by atoms with van der Waals surface area (Å²) in [4.78, 5) is 14.3. The van der Waals surface area contributed by atoms with Gasteiger partial charge in [-0.25, -0.2) is 4.57 Å². The SMILES string of the molecule is NC1NC(=O)c2[nH]c[n+](COCCO)c2N1. The predicted octanol–water partition coefficient (Wildman–Crippen LogP) is -2.33. The number of aliphatic hydroxyl groups is 1. The van der Waals surface area contributed by atoms with Crippen molar-refractivity contribution in [3.05, 3.63) is 12.0 Å². The summed E-state index contributed by atoms with van der Waals surface area (Å²) in [5, 5.41) is 14.0. The van der Waals surface area contributed by atoms with Crippen molar-refractivity contribution < 1.29 is 19.2 Å². The van der Waals surface area contributed by atoms with E-state index in [1.807, 2.05) is 0 Å². The van der Waals surface area contributed by atoms with E-state index < -0.39 is 6.29 Å². The number of ether oxygens (including phenoxy) is 1. The summed E-state index contributed by atoms with van der Waals surface area (Å²) in [5.41, 5.74) is 5.98. The number of nitrogens with two attached hydrogens (primary N) is 1. The van der Waals surface area contributed by atoms with Crippen LogP contribution < -0.4 is 20.9 Å². The maximum absolute atomic E-state index is 11.5. The number of nitrogens with zero attached hydrogens (tertiary/aromatic N) is 1. The topological polar surface area (TPSA) is 116 Å². The highest BCUT2D eigenvalue weighted by molar-refractivity contribution is 5.98. The van der Waals surface area contributed by atoms with Gasteiger partial charge in [0.1, 0.15) is 0 Å². The van der Waals surface area contributed by atoms with Crippen LogP contribution in [0.4, 0.5) is 5.82 Å². The average Bonchev–Trinajstić information content (AvgIpc) is 2.62. The number of aliphatic hydroxyl groups excluding tert-OH is 1. The van der Waals surface area contributed by atoms with Gasteiger partial charge in [-0.2, -0.15) is 0 Å². The van der Waals surface area contributed by atoms with Crippen LogP contribution in [0.1, 0.15) is 10.5 Å². The average molecular weight is 228 g/mol. The zero-order valence-electron chi connectivity index (χ0n) is 8.56. The van der Waals surface area contributed by atoms with E-state index in [4.69, 9.17) is 15.6 Å². The first-order valence-corrected chi connectivity index (χ1v) is 4.85. The van der Waals surface area contributed by atoms with Crippen molar-refractivity contribution in [2.24, 2.45) is 5.73 Å². The fourth-order valence-electron chi connectivity index (χ4n) is 1.47. The first kappa shape index (κ1) is 10.9. The van der Waals surface area contributed by atoms with E-state index in [1.165, 1.54) is 0 Å². The van der Waals surface area contributed by atoms with Gasteiger partial charge in [-0.15, -0.1) is 0 Å². The van der Waals surface area contributed by atoms with E-state index in [-0.39, 0.29) is 25.9 Å². The first-order valence-electron chi connectivity index (χ1n) is 4.85. The molecule has 0 spiro atoms. The molecule has 88 valence electrons. The third-order valence-electron chi connectivity index (χ3n) is 2.16. The molecule has 1 aliphatic rings. The summed E-state index contributed by atoms with van der Waals surface area (Å²) < 4.78 is 6.81. The van der Waals surface area contributed by atoms with Gasteiger partial charge in [0, 0.05) is 0 Å². The molecule has 0 radical (unpaired) electrons. The van der Waals surface area contributed by atoms with Gasteiger partial charge in [0.15, 0.2) is 19.3 Å². The molecule has 0 aromatic carbocycles. The molecule has 1 unspecified atom stereocenters. The van der Waals surface area contributed by atoms with Gasteiger partial charge >= 0.3 is 0 Å². The number of amides is 1. The number of aromatic amines is 1. The molecule has 16 heavy (non-hydrogen) atoms. The molecule has 0 saturated heterocycles. The lowest BCUT2D eigenvalue weighted by Gasteiger charge is -2.17. The highest BCUT2D eigenvalue weighted by Crippen LogP contribution is 2.11. The van der Waals surface area contributed by atoms with Crippen LogP contribution in [0.25, 0.3) is 0 Å². The molecule has 0 fully saturated rings. The molecule has 2 rings (SSSR count). The molecule has 0 aliphatic carbocycles. The maximum Gasteiger partial charge on any atom is 0.293 e. The fourth-order valence-corrected chi connectivity index (χ4v) is 1.47. The van der Waals surface area contributed by atoms with Crippen LogP contribution in [0, 0.1) is 0 Å². The van der Waals surface area contributed by atoms with Gasteiger partial charge in [0.25, 0.3) is 11.7 Å². The van der Waals surface area contributed by atoms with Gasteiger partial charge in [-0.1, -0.05) is 0 Å². The second-order valence-corrected chi connectivity index (χ2v) is 3.32. The van der Waals surface area contributed by atoms with Crippen LogP contribution in [0.2, 0.25) is 0 Å². The van der Waals surface area contributed by atoms with Gasteiger partial charge in [0.05, 0.1) is 13.2 Å². The van der Waals surface area contributed by atoms with Crippen molar-refractivity contribution in [2.45, 2.75) is 13.0 Å². The van der Waals surface area contributed by atoms with Gasteiger partial charge in [0.2, 0.25) is 5.69 Å². The van der Waals surface area contributed by atoms with E-state index >= 15 is 0 Å². The standard InChI is InChI=1S/C8H13N5O3/c9-8-11-6-5(7(15)12-8)10-3-13(6)4-16-2-1-14/h3,8,14H,1-2,4,9H2,(H2,11,12,15)/p+1. The van der Waals surface area contributed by atoms with Crippen LogP contribution in [-0.2, 0) is 11.5 Å². The molecule has 1 aromatic rings. The van der Waals surface area contributed by atoms with Crippen molar-refractivity contribution in [3.8, 4) is 0 Å². The second-order valence-electron chi connectivity index (χ2n) is 3.32. The number of carbonyl (C=O) groups excluding carboxylic acids is 1. The monoisotopic (exact) mass is 228 g/mol. The van der Waals surface area contributed by atoms with Crippen molar-refractivity contribution in [1.29, 1.82) is 0 Å². The number of H-pyrrole nitrogens is 1. The normalized spacial score (nSPS) is 18.9. The lowest BCUT2D eigenvalue weighted by molar-refractivity contribution is -0.719. The Balaban J connectivity index is 2.13. The van der Waals surface area contributed by atoms with E-state index in [0.29, 0.717) is 11.5 Å². The van der Waals surface area contributed by atoms with E-state index in [9.17, 15) is 4.79 Å². The number of hydrogen-bond acceptors (Lipinski definition) is 5. The number of imidazole rings is 1. The number of fused-ring (bicyclic) bond motifs is 1. The Morgan fingerprint density at radius 1 is 1.56 bits per heavy atom. The first-order chi connectivity index (χ1) is 7.72. The summed E-state index contributed by atoms with van der Waals surface area (Å²) in [6.07, 6.45) is 0.993. The van der Waals surface area contributed by atoms with E-state index in [1.54, 1.807) is 10.9 Å². The lowest BCUT2D eigenvalue weighted by Crippen LogP contribution is -2.54. The zero-order chi connectivity index (χ0) is 11.5. The molecule has 1 aliphatic heterocycles. The quantitative estimate of drug-likeness (QED) is 0.293. The van der Waals surface area contributed by atoms with Crippen LogP contribution in [0.5, 0.6) is 0 Å². The van der Waals surface area contributed by atoms with Crippen LogP contribution >= 0.6 is 0 Å². The molecule has 0 saturated carbocycles. The number of hydrogen-bond donors (Lipinski definition) is 5. The minimum atomic E-state index is -0.611. The smallest absolute Gasteiger partial charge is 0.293 e. The van der Waals surface area contributed by atoms with Gasteiger partial charge in [-0.3, -0.25) is 20.8 Å². The summed E-state index contributed by atoms with van der Waals surface area (Å²) in [6, 6.07) is 0. The number of rotatable bonds is 4. The Morgan fingerprint density at radius 3 is 3.12 bits per heavy atom. The van der Waals surface area contributed by atoms with Crippen LogP contribution in [-0.4, -0.2) is 35.5 Å². The summed E-state index contributed by atoms with van der Waals surface area (Å²) >= 11 is 0. The number of nitrogens with one attached hydrogen (secondary N) is 3. The number of carbonyl (C=O) groups is 1. The number of aromatic nitrogens is 2. The van der Waals surface area contributed by atoms with Crippen molar-refractivity contribution in [3.63, 3.8) is 0 Å². The minimum absolute atomic E-state index is 0.0411. The molecule has 0 bridgehead atoms. The van der Waals surface area contributed by atoms with Crippen molar-refractivity contribution in [2.75, 3.05) is 18.5 Å². The largest absolute Gasteiger partial charge is 0.394 e. The fraction of sp³-hybridized carbons (Fsp3) is 0.500. The predicted molar refractivity (Wildman–Crippen MR) is 53.1 cm³/mol. The van der Waals surface area contributed by atoms with Crippen LogP contribution in [0.3, 0.4) is 0 Å². The maximum atomic E-state index is 11.5. The van der Waals surface area contributed by atoms with Crippen LogP contribution in [0.15, 0.2) is 6.33 Å². The highest BCUT2D eigenvalue weighted by Gasteiger charge is 2.31. The summed E-state index contributed by atoms with van der Waals surface area (Å²) in [7, 11) is 0. The Bertz CT molecular complexity index is 391. The number of anilines is 1. The highest BCUT2D eigenvalue weighted by atomic mass is 16.5. The minimum Gasteiger partial charge on any atom is -0.394 e. The Kier molecular flexibility index (Phi) is 3.04. The van der Waals surface area contributed by atoms with Crippen molar-refractivity contribution >= 4 is 11.7 Å². The molecule has 8 heteroatoms. The molecule has 1 aromatic heterocycles. The lowest BCUT2D eigenvalue weighted by atomic mass is 10.3. The molecule has 1 atom stereocenters. The third-order valence-corrected chi connectivity index (χ3v) is 2.16. The van der Waals surface area contributed by atoms with Gasteiger partial charge in [-0.05, 0) is 0 Å². The molecular weight excluding hydrogens is 214 g/mol. The van der Waals surface area contributed by atoms with Crippen molar-refractivity contribution in [1.82, 2.24) is 10.3 Å². The molecule has 6 N–H and O–H groups in total. The molecular formula is C8H14N5O3+.